The van der Waals surface area contributed by atoms with Gasteiger partial charge in [0.2, 0.25) is 5.91 Å². The van der Waals surface area contributed by atoms with Crippen molar-refractivity contribution in [1.82, 2.24) is 14.8 Å². The largest absolute Gasteiger partial charge is 0.342 e. The lowest BCUT2D eigenvalue weighted by Gasteiger charge is -2.44. The molecular formula is C25H32FN3O. The summed E-state index contributed by atoms with van der Waals surface area (Å²) in [5.74, 6) is 0.564. The van der Waals surface area contributed by atoms with E-state index in [1.165, 1.54) is 17.7 Å². The Morgan fingerprint density at radius 1 is 1.13 bits per heavy atom. The molecule has 5 heteroatoms. The van der Waals surface area contributed by atoms with Gasteiger partial charge in [0.05, 0.1) is 5.41 Å². The monoisotopic (exact) mass is 409 g/mol. The number of pyridine rings is 1. The molecule has 0 saturated carbocycles. The summed E-state index contributed by atoms with van der Waals surface area (Å²) in [7, 11) is 2.12. The zero-order valence-corrected chi connectivity index (χ0v) is 17.9. The van der Waals surface area contributed by atoms with Gasteiger partial charge in [0.25, 0.3) is 0 Å². The highest BCUT2D eigenvalue weighted by Gasteiger charge is 2.44. The maximum atomic E-state index is 13.9. The number of carbonyl (C=O) groups is 1. The van der Waals surface area contributed by atoms with Crippen molar-refractivity contribution in [3.63, 3.8) is 0 Å². The summed E-state index contributed by atoms with van der Waals surface area (Å²) in [5, 5.41) is 0. The first-order valence-corrected chi connectivity index (χ1v) is 11.2. The van der Waals surface area contributed by atoms with Crippen LogP contribution in [0.25, 0.3) is 0 Å². The lowest BCUT2D eigenvalue weighted by Crippen LogP contribution is -2.53. The Labute approximate surface area is 179 Å². The Bertz CT molecular complexity index is 831. The van der Waals surface area contributed by atoms with Gasteiger partial charge in [-0.3, -0.25) is 9.78 Å². The van der Waals surface area contributed by atoms with E-state index < -0.39 is 0 Å². The van der Waals surface area contributed by atoms with E-state index in [0.717, 1.165) is 63.8 Å². The standard InChI is InChI=1S/C25H32FN3O/c1-28-14-10-25(11-15-28,17-20-6-8-23(26)9-7-20)24(30)29-13-3-5-22(19-29)16-21-4-2-12-27-18-21/h2,4,6-9,12,18,22H,3,5,10-11,13-17,19H2,1H3/t22-/m1/s1. The second-order valence-corrected chi connectivity index (χ2v) is 9.21. The van der Waals surface area contributed by atoms with Crippen molar-refractivity contribution in [1.29, 1.82) is 0 Å². The average Bonchev–Trinajstić information content (AvgIpc) is 2.77. The number of hydrogen-bond acceptors (Lipinski definition) is 3. The van der Waals surface area contributed by atoms with Crippen molar-refractivity contribution in [3.8, 4) is 0 Å². The van der Waals surface area contributed by atoms with Crippen LogP contribution in [0.4, 0.5) is 4.39 Å². The Balaban J connectivity index is 1.49. The van der Waals surface area contributed by atoms with Crippen LogP contribution in [0.3, 0.4) is 0 Å². The molecule has 1 aromatic carbocycles. The Kier molecular flexibility index (Phi) is 6.47. The van der Waals surface area contributed by atoms with Crippen LogP contribution in [0.5, 0.6) is 0 Å². The van der Waals surface area contributed by atoms with Crippen molar-refractivity contribution < 1.29 is 9.18 Å². The summed E-state index contributed by atoms with van der Waals surface area (Å²) < 4.78 is 13.4. The van der Waals surface area contributed by atoms with Crippen LogP contribution in [0.2, 0.25) is 0 Å². The van der Waals surface area contributed by atoms with Gasteiger partial charge in [-0.05, 0) is 93.9 Å². The molecule has 4 rings (SSSR count). The van der Waals surface area contributed by atoms with E-state index in [2.05, 4.69) is 27.9 Å². The molecule has 0 bridgehead atoms. The van der Waals surface area contributed by atoms with E-state index in [9.17, 15) is 9.18 Å². The first-order chi connectivity index (χ1) is 14.5. The third-order valence-corrected chi connectivity index (χ3v) is 6.91. The first-order valence-electron chi connectivity index (χ1n) is 11.2. The number of amides is 1. The van der Waals surface area contributed by atoms with E-state index in [1.807, 2.05) is 24.4 Å². The van der Waals surface area contributed by atoms with E-state index in [4.69, 9.17) is 0 Å². The van der Waals surface area contributed by atoms with E-state index >= 15 is 0 Å². The summed E-state index contributed by atoms with van der Waals surface area (Å²) in [6.45, 7) is 3.54. The summed E-state index contributed by atoms with van der Waals surface area (Å²) >= 11 is 0. The third-order valence-electron chi connectivity index (χ3n) is 6.91. The van der Waals surface area contributed by atoms with Gasteiger partial charge in [0.1, 0.15) is 5.82 Å². The fourth-order valence-corrected chi connectivity index (χ4v) is 5.11. The molecule has 2 fully saturated rings. The molecule has 0 spiro atoms. The van der Waals surface area contributed by atoms with Crippen LogP contribution in [0, 0.1) is 17.2 Å². The van der Waals surface area contributed by atoms with Crippen LogP contribution in [0.1, 0.15) is 36.8 Å². The molecule has 3 heterocycles. The number of nitrogens with zero attached hydrogens (tertiary/aromatic N) is 3. The average molecular weight is 410 g/mol. The van der Waals surface area contributed by atoms with Crippen molar-refractivity contribution in [2.75, 3.05) is 33.2 Å². The zero-order valence-electron chi connectivity index (χ0n) is 17.9. The molecule has 4 nitrogen and oxygen atoms in total. The molecule has 2 aliphatic rings. The second-order valence-electron chi connectivity index (χ2n) is 9.21. The van der Waals surface area contributed by atoms with Crippen LogP contribution in [0.15, 0.2) is 48.8 Å². The van der Waals surface area contributed by atoms with Gasteiger partial charge < -0.3 is 9.80 Å². The van der Waals surface area contributed by atoms with Crippen molar-refractivity contribution in [3.05, 3.63) is 65.7 Å². The van der Waals surface area contributed by atoms with Crippen LogP contribution >= 0.6 is 0 Å². The molecule has 2 aliphatic heterocycles. The first kappa shape index (κ1) is 21.0. The number of hydrogen-bond donors (Lipinski definition) is 0. The number of likely N-dealkylation sites (tertiary alicyclic amines) is 2. The number of rotatable bonds is 5. The minimum Gasteiger partial charge on any atom is -0.342 e. The zero-order chi connectivity index (χ0) is 21.0. The molecule has 1 amide bonds. The molecule has 0 unspecified atom stereocenters. The van der Waals surface area contributed by atoms with E-state index in [1.54, 1.807) is 6.20 Å². The molecular weight excluding hydrogens is 377 g/mol. The quantitative estimate of drug-likeness (QED) is 0.750. The van der Waals surface area contributed by atoms with Gasteiger partial charge in [0, 0.05) is 25.5 Å². The highest BCUT2D eigenvalue weighted by molar-refractivity contribution is 5.83. The number of halogens is 1. The number of piperidine rings is 2. The molecule has 0 aliphatic carbocycles. The summed E-state index contributed by atoms with van der Waals surface area (Å²) in [6.07, 6.45) is 9.37. The molecule has 0 radical (unpaired) electrons. The topological polar surface area (TPSA) is 36.4 Å². The highest BCUT2D eigenvalue weighted by Crippen LogP contribution is 2.38. The lowest BCUT2D eigenvalue weighted by atomic mass is 9.72. The molecule has 1 aromatic heterocycles. The van der Waals surface area contributed by atoms with Gasteiger partial charge in [-0.25, -0.2) is 4.39 Å². The molecule has 2 saturated heterocycles. The smallest absolute Gasteiger partial charge is 0.229 e. The van der Waals surface area contributed by atoms with Gasteiger partial charge in [0.15, 0.2) is 0 Å². The molecule has 160 valence electrons. The normalized spacial score (nSPS) is 22.1. The molecule has 2 aromatic rings. The number of benzene rings is 1. The van der Waals surface area contributed by atoms with E-state index in [0.29, 0.717) is 18.2 Å². The summed E-state index contributed by atoms with van der Waals surface area (Å²) in [6, 6.07) is 10.8. The van der Waals surface area contributed by atoms with Gasteiger partial charge >= 0.3 is 0 Å². The van der Waals surface area contributed by atoms with E-state index in [-0.39, 0.29) is 11.2 Å². The SMILES string of the molecule is CN1CCC(Cc2ccc(F)cc2)(C(=O)N2CCC[C@H](Cc3cccnc3)C2)CC1. The third kappa shape index (κ3) is 4.89. The van der Waals surface area contributed by atoms with Crippen LogP contribution in [-0.2, 0) is 17.6 Å². The van der Waals surface area contributed by atoms with Crippen LogP contribution in [-0.4, -0.2) is 53.9 Å². The van der Waals surface area contributed by atoms with Crippen molar-refractivity contribution in [2.45, 2.75) is 38.5 Å². The number of aromatic nitrogens is 1. The number of carbonyl (C=O) groups excluding carboxylic acids is 1. The molecule has 30 heavy (non-hydrogen) atoms. The molecule has 1 atom stereocenters. The fraction of sp³-hybridized carbons (Fsp3) is 0.520. The van der Waals surface area contributed by atoms with Crippen molar-refractivity contribution >= 4 is 5.91 Å². The maximum absolute atomic E-state index is 13.9. The summed E-state index contributed by atoms with van der Waals surface area (Å²) in [4.78, 5) is 22.5. The second kappa shape index (κ2) is 9.25. The highest BCUT2D eigenvalue weighted by atomic mass is 19.1. The predicted octanol–water partition coefficient (Wildman–Crippen LogP) is 3.96. The summed E-state index contributed by atoms with van der Waals surface area (Å²) in [5.41, 5.74) is 1.93. The van der Waals surface area contributed by atoms with Crippen LogP contribution < -0.4 is 0 Å². The van der Waals surface area contributed by atoms with Gasteiger partial charge in [-0.15, -0.1) is 0 Å². The minimum absolute atomic E-state index is 0.225. The predicted molar refractivity (Wildman–Crippen MR) is 117 cm³/mol. The maximum Gasteiger partial charge on any atom is 0.229 e. The van der Waals surface area contributed by atoms with Gasteiger partial charge in [-0.2, -0.15) is 0 Å². The van der Waals surface area contributed by atoms with Gasteiger partial charge in [-0.1, -0.05) is 18.2 Å². The Morgan fingerprint density at radius 2 is 1.90 bits per heavy atom. The molecule has 0 N–H and O–H groups in total. The Morgan fingerprint density at radius 3 is 2.60 bits per heavy atom. The lowest BCUT2D eigenvalue weighted by molar-refractivity contribution is -0.147. The Hall–Kier alpha value is -2.27. The fourth-order valence-electron chi connectivity index (χ4n) is 5.11. The van der Waals surface area contributed by atoms with Crippen molar-refractivity contribution in [2.24, 2.45) is 11.3 Å². The minimum atomic E-state index is -0.374.